The highest BCUT2D eigenvalue weighted by Gasteiger charge is 2.57. The van der Waals surface area contributed by atoms with Gasteiger partial charge in [-0.15, -0.1) is 0 Å². The molecule has 1 aromatic carbocycles. The van der Waals surface area contributed by atoms with E-state index in [1.165, 1.54) is 11.3 Å². The second-order valence-corrected chi connectivity index (χ2v) is 7.32. The molecule has 0 radical (unpaired) electrons. The maximum atomic E-state index is 12.9. The molecule has 1 aromatic rings. The molecular weight excluding hydrogens is 274 g/mol. The second kappa shape index (κ2) is 4.94. The number of anilines is 1. The van der Waals surface area contributed by atoms with Gasteiger partial charge < -0.3 is 4.90 Å². The molecule has 0 bridgehead atoms. The average molecular weight is 297 g/mol. The molecule has 3 aliphatic rings. The minimum Gasteiger partial charge on any atom is -0.367 e. The van der Waals surface area contributed by atoms with Crippen LogP contribution in [0.3, 0.4) is 0 Å². The van der Waals surface area contributed by atoms with Crippen molar-refractivity contribution in [1.82, 2.24) is 0 Å². The molecule has 2 atom stereocenters. The fraction of sp³-hybridized carbons (Fsp3) is 0.579. The first-order valence-electron chi connectivity index (χ1n) is 8.54. The van der Waals surface area contributed by atoms with Crippen LogP contribution in [0, 0.1) is 11.3 Å². The third-order valence-electron chi connectivity index (χ3n) is 6.01. The molecule has 1 aliphatic carbocycles. The summed E-state index contributed by atoms with van der Waals surface area (Å²) in [6, 6.07) is 8.42. The monoisotopic (exact) mass is 297 g/mol. The number of piperidine rings is 1. The first-order valence-corrected chi connectivity index (χ1v) is 8.54. The van der Waals surface area contributed by atoms with Gasteiger partial charge in [-0.1, -0.05) is 25.1 Å². The Hall–Kier alpha value is -1.64. The molecule has 1 saturated heterocycles. The Morgan fingerprint density at radius 3 is 2.64 bits per heavy atom. The van der Waals surface area contributed by atoms with Crippen molar-refractivity contribution in [3.05, 3.63) is 29.8 Å². The van der Waals surface area contributed by atoms with E-state index in [2.05, 4.69) is 30.0 Å². The molecule has 1 spiro atoms. The molecule has 0 N–H and O–H groups in total. The summed E-state index contributed by atoms with van der Waals surface area (Å²) in [7, 11) is 0. The van der Waals surface area contributed by atoms with Crippen molar-refractivity contribution in [1.29, 1.82) is 0 Å². The number of fused-ring (bicyclic) bond motifs is 4. The van der Waals surface area contributed by atoms with E-state index in [0.717, 1.165) is 25.8 Å². The van der Waals surface area contributed by atoms with Gasteiger partial charge in [0.2, 0.25) is 0 Å². The van der Waals surface area contributed by atoms with Gasteiger partial charge in [0, 0.05) is 31.1 Å². The van der Waals surface area contributed by atoms with Crippen molar-refractivity contribution in [3.63, 3.8) is 0 Å². The summed E-state index contributed by atoms with van der Waals surface area (Å²) in [6.07, 6.45) is 4.62. The zero-order chi connectivity index (χ0) is 15.3. The molecule has 2 aliphatic heterocycles. The highest BCUT2D eigenvalue weighted by atomic mass is 16.2. The number of rotatable bonds is 0. The molecule has 116 valence electrons. The minimum atomic E-state index is -0.763. The molecule has 4 rings (SSSR count). The summed E-state index contributed by atoms with van der Waals surface area (Å²) >= 11 is 0. The van der Waals surface area contributed by atoms with Gasteiger partial charge in [-0.3, -0.25) is 9.59 Å². The second-order valence-electron chi connectivity index (χ2n) is 7.32. The van der Waals surface area contributed by atoms with Crippen LogP contribution in [0.15, 0.2) is 24.3 Å². The van der Waals surface area contributed by atoms with E-state index >= 15 is 0 Å². The fourth-order valence-corrected chi connectivity index (χ4v) is 4.84. The van der Waals surface area contributed by atoms with Gasteiger partial charge in [-0.25, -0.2) is 0 Å². The van der Waals surface area contributed by atoms with Crippen molar-refractivity contribution in [2.24, 2.45) is 11.3 Å². The molecule has 1 saturated carbocycles. The predicted octanol–water partition coefficient (Wildman–Crippen LogP) is 3.16. The maximum Gasteiger partial charge on any atom is 0.148 e. The molecule has 3 nitrogen and oxygen atoms in total. The SMILES string of the molecule is C[C@@H]1CCN2c3ccccc3CC3(C(=O)CCCC3=O)[C@H]2C1. The number of nitrogens with zero attached hydrogens (tertiary/aromatic N) is 1. The van der Waals surface area contributed by atoms with Crippen molar-refractivity contribution < 1.29 is 9.59 Å². The number of hydrogen-bond donors (Lipinski definition) is 0. The van der Waals surface area contributed by atoms with E-state index in [9.17, 15) is 9.59 Å². The number of para-hydroxylation sites is 1. The van der Waals surface area contributed by atoms with Gasteiger partial charge in [-0.05, 0) is 43.2 Å². The molecule has 0 amide bonds. The third-order valence-corrected chi connectivity index (χ3v) is 6.01. The maximum absolute atomic E-state index is 12.9. The summed E-state index contributed by atoms with van der Waals surface area (Å²) in [5.41, 5.74) is 1.66. The molecule has 0 aromatic heterocycles. The van der Waals surface area contributed by atoms with Crippen LogP contribution in [0.4, 0.5) is 5.69 Å². The van der Waals surface area contributed by atoms with E-state index in [1.54, 1.807) is 0 Å². The highest BCUT2D eigenvalue weighted by Crippen LogP contribution is 2.49. The highest BCUT2D eigenvalue weighted by molar-refractivity contribution is 6.11. The van der Waals surface area contributed by atoms with Crippen LogP contribution in [0.5, 0.6) is 0 Å². The first-order chi connectivity index (χ1) is 10.6. The number of Topliss-reactive ketones (excluding diaryl/α,β-unsaturated/α-hetero) is 2. The Bertz CT molecular complexity index is 620. The lowest BCUT2D eigenvalue weighted by Gasteiger charge is -2.54. The molecule has 22 heavy (non-hydrogen) atoms. The van der Waals surface area contributed by atoms with E-state index in [4.69, 9.17) is 0 Å². The standard InChI is InChI=1S/C19H23NO2/c1-13-9-10-20-15-6-3-2-5-14(15)12-19(16(20)11-13)17(21)7-4-8-18(19)22/h2-3,5-6,13,16H,4,7-12H2,1H3/t13-,16-/m1/s1. The predicted molar refractivity (Wildman–Crippen MR) is 86.0 cm³/mol. The number of carbonyl (C=O) groups excluding carboxylic acids is 2. The summed E-state index contributed by atoms with van der Waals surface area (Å²) < 4.78 is 0. The van der Waals surface area contributed by atoms with Crippen LogP contribution in [0.1, 0.15) is 44.6 Å². The lowest BCUT2D eigenvalue weighted by atomic mass is 9.59. The molecule has 2 heterocycles. The Kier molecular flexibility index (Phi) is 3.14. The molecule has 2 fully saturated rings. The van der Waals surface area contributed by atoms with Gasteiger partial charge in [0.05, 0.1) is 0 Å². The largest absolute Gasteiger partial charge is 0.367 e. The lowest BCUT2D eigenvalue weighted by molar-refractivity contribution is -0.146. The fourth-order valence-electron chi connectivity index (χ4n) is 4.84. The van der Waals surface area contributed by atoms with Crippen LogP contribution in [0.25, 0.3) is 0 Å². The quantitative estimate of drug-likeness (QED) is 0.690. The Balaban J connectivity index is 1.88. The third kappa shape index (κ3) is 1.81. The van der Waals surface area contributed by atoms with Gasteiger partial charge in [-0.2, -0.15) is 0 Å². The normalized spacial score (nSPS) is 30.1. The van der Waals surface area contributed by atoms with Gasteiger partial charge in [0.1, 0.15) is 17.0 Å². The summed E-state index contributed by atoms with van der Waals surface area (Å²) in [5, 5.41) is 0. The summed E-state index contributed by atoms with van der Waals surface area (Å²) in [4.78, 5) is 28.2. The number of benzene rings is 1. The molecular formula is C19H23NO2. The minimum absolute atomic E-state index is 0.0754. The summed E-state index contributed by atoms with van der Waals surface area (Å²) in [5.74, 6) is 0.982. The Morgan fingerprint density at radius 1 is 1.14 bits per heavy atom. The smallest absolute Gasteiger partial charge is 0.148 e. The topological polar surface area (TPSA) is 37.4 Å². The van der Waals surface area contributed by atoms with Gasteiger partial charge >= 0.3 is 0 Å². The van der Waals surface area contributed by atoms with Gasteiger partial charge in [0.15, 0.2) is 0 Å². The van der Waals surface area contributed by atoms with Crippen molar-refractivity contribution >= 4 is 17.3 Å². The average Bonchev–Trinajstić information content (AvgIpc) is 2.52. The van der Waals surface area contributed by atoms with Gasteiger partial charge in [0.25, 0.3) is 0 Å². The van der Waals surface area contributed by atoms with Crippen LogP contribution in [-0.2, 0) is 16.0 Å². The first kappa shape index (κ1) is 14.0. The zero-order valence-electron chi connectivity index (χ0n) is 13.2. The van der Waals surface area contributed by atoms with E-state index in [0.29, 0.717) is 25.2 Å². The number of hydrogen-bond acceptors (Lipinski definition) is 3. The lowest BCUT2D eigenvalue weighted by Crippen LogP contribution is -2.63. The Morgan fingerprint density at radius 2 is 1.86 bits per heavy atom. The molecule has 3 heteroatoms. The van der Waals surface area contributed by atoms with Crippen LogP contribution >= 0.6 is 0 Å². The van der Waals surface area contributed by atoms with Crippen molar-refractivity contribution in [3.8, 4) is 0 Å². The number of carbonyl (C=O) groups is 2. The molecule has 0 unspecified atom stereocenters. The number of ketones is 2. The summed E-state index contributed by atoms with van der Waals surface area (Å²) in [6.45, 7) is 3.22. The van der Waals surface area contributed by atoms with Crippen molar-refractivity contribution in [2.45, 2.75) is 51.5 Å². The van der Waals surface area contributed by atoms with Crippen LogP contribution in [0.2, 0.25) is 0 Å². The van der Waals surface area contributed by atoms with E-state index in [-0.39, 0.29) is 17.6 Å². The Labute approximate surface area is 131 Å². The van der Waals surface area contributed by atoms with E-state index < -0.39 is 5.41 Å². The van der Waals surface area contributed by atoms with Crippen molar-refractivity contribution in [2.75, 3.05) is 11.4 Å². The van der Waals surface area contributed by atoms with E-state index in [1.807, 2.05) is 6.07 Å². The van der Waals surface area contributed by atoms with Crippen LogP contribution < -0.4 is 4.90 Å². The van der Waals surface area contributed by atoms with Crippen LogP contribution in [-0.4, -0.2) is 24.2 Å². The zero-order valence-corrected chi connectivity index (χ0v) is 13.2.